The molecule has 7 nitrogen and oxygen atoms in total. The van der Waals surface area contributed by atoms with Crippen molar-refractivity contribution >= 4 is 21.9 Å². The van der Waals surface area contributed by atoms with Crippen molar-refractivity contribution in [3.05, 3.63) is 29.8 Å². The van der Waals surface area contributed by atoms with Crippen LogP contribution in [-0.4, -0.2) is 48.9 Å². The second-order valence-corrected chi connectivity index (χ2v) is 8.75. The van der Waals surface area contributed by atoms with Crippen molar-refractivity contribution in [1.29, 1.82) is 0 Å². The van der Waals surface area contributed by atoms with Crippen LogP contribution in [0.5, 0.6) is 0 Å². The molecule has 1 aliphatic heterocycles. The summed E-state index contributed by atoms with van der Waals surface area (Å²) in [7, 11) is -3.61. The fourth-order valence-corrected chi connectivity index (χ4v) is 4.54. The molecule has 0 aromatic heterocycles. The molecular formula is C19H28N2O5S. The van der Waals surface area contributed by atoms with Crippen molar-refractivity contribution in [1.82, 2.24) is 9.62 Å². The first-order chi connectivity index (χ1) is 12.7. The second kappa shape index (κ2) is 9.32. The Kier molecular flexibility index (Phi) is 7.38. The highest BCUT2D eigenvalue weighted by Crippen LogP contribution is 2.23. The van der Waals surface area contributed by atoms with Gasteiger partial charge in [0.25, 0.3) is 5.91 Å². The van der Waals surface area contributed by atoms with Crippen LogP contribution in [0, 0.1) is 0 Å². The summed E-state index contributed by atoms with van der Waals surface area (Å²) >= 11 is 0. The Morgan fingerprint density at radius 2 is 1.93 bits per heavy atom. The summed E-state index contributed by atoms with van der Waals surface area (Å²) in [6.45, 7) is 4.29. The first-order valence-electron chi connectivity index (χ1n) is 9.39. The summed E-state index contributed by atoms with van der Waals surface area (Å²) in [5.41, 5.74) is 0.416. The molecule has 27 heavy (non-hydrogen) atoms. The molecule has 0 saturated carbocycles. The van der Waals surface area contributed by atoms with E-state index >= 15 is 0 Å². The van der Waals surface area contributed by atoms with Gasteiger partial charge in [0.15, 0.2) is 0 Å². The van der Waals surface area contributed by atoms with E-state index in [4.69, 9.17) is 5.11 Å². The number of benzene rings is 1. The van der Waals surface area contributed by atoms with E-state index < -0.39 is 16.0 Å². The van der Waals surface area contributed by atoms with E-state index in [9.17, 15) is 18.0 Å². The molecule has 0 aliphatic carbocycles. The molecule has 1 aromatic carbocycles. The van der Waals surface area contributed by atoms with Crippen molar-refractivity contribution in [2.45, 2.75) is 69.4 Å². The average Bonchev–Trinajstić information content (AvgIpc) is 2.65. The first-order valence-corrected chi connectivity index (χ1v) is 10.9. The molecule has 0 bridgehead atoms. The summed E-state index contributed by atoms with van der Waals surface area (Å²) in [4.78, 5) is 25.6. The minimum atomic E-state index is -3.61. The number of hydrogen-bond acceptors (Lipinski definition) is 4. The Balaban J connectivity index is 2.12. The van der Waals surface area contributed by atoms with Crippen LogP contribution in [-0.2, 0) is 14.8 Å². The van der Waals surface area contributed by atoms with Gasteiger partial charge >= 0.3 is 5.97 Å². The number of nitrogens with one attached hydrogen (secondary N) is 1. The number of carbonyl (C=O) groups is 2. The number of rotatable bonds is 8. The molecule has 1 aromatic rings. The maximum absolute atomic E-state index is 12.9. The molecular weight excluding hydrogens is 368 g/mol. The van der Waals surface area contributed by atoms with Crippen molar-refractivity contribution in [2.75, 3.05) is 6.54 Å². The number of nitrogens with zero attached hydrogens (tertiary/aromatic N) is 1. The van der Waals surface area contributed by atoms with Gasteiger partial charge in [-0.1, -0.05) is 6.92 Å². The predicted molar refractivity (Wildman–Crippen MR) is 102 cm³/mol. The van der Waals surface area contributed by atoms with Crippen LogP contribution >= 0.6 is 0 Å². The summed E-state index contributed by atoms with van der Waals surface area (Å²) in [5.74, 6) is -1.04. The lowest BCUT2D eigenvalue weighted by Gasteiger charge is -2.35. The predicted octanol–water partition coefficient (Wildman–Crippen LogP) is 2.62. The molecule has 2 unspecified atom stereocenters. The van der Waals surface area contributed by atoms with Crippen LogP contribution in [0.2, 0.25) is 0 Å². The van der Waals surface area contributed by atoms with Gasteiger partial charge in [-0.25, -0.2) is 13.1 Å². The summed E-state index contributed by atoms with van der Waals surface area (Å²) in [6, 6.07) is 5.67. The first kappa shape index (κ1) is 21.4. The molecule has 150 valence electrons. The maximum atomic E-state index is 12.9. The number of hydrogen-bond donors (Lipinski definition) is 2. The summed E-state index contributed by atoms with van der Waals surface area (Å²) in [5, 5.41) is 8.91. The van der Waals surface area contributed by atoms with Crippen molar-refractivity contribution in [2.24, 2.45) is 0 Å². The number of piperidine rings is 1. The van der Waals surface area contributed by atoms with Gasteiger partial charge in [0.05, 0.1) is 4.90 Å². The van der Waals surface area contributed by atoms with Crippen LogP contribution in [0.15, 0.2) is 29.2 Å². The molecule has 1 fully saturated rings. The van der Waals surface area contributed by atoms with Crippen LogP contribution in [0.1, 0.15) is 62.7 Å². The van der Waals surface area contributed by atoms with Gasteiger partial charge in [-0.15, -0.1) is 0 Å². The molecule has 1 heterocycles. The van der Waals surface area contributed by atoms with E-state index in [0.29, 0.717) is 24.9 Å². The van der Waals surface area contributed by atoms with E-state index in [1.165, 1.54) is 24.3 Å². The number of amides is 1. The number of likely N-dealkylation sites (tertiary alicyclic amines) is 1. The lowest BCUT2D eigenvalue weighted by Crippen LogP contribution is -2.44. The number of sulfonamides is 1. The Bertz CT molecular complexity index is 761. The van der Waals surface area contributed by atoms with Crippen LogP contribution < -0.4 is 4.72 Å². The number of aliphatic carboxylic acids is 1. The van der Waals surface area contributed by atoms with Crippen molar-refractivity contribution in [3.8, 4) is 0 Å². The van der Waals surface area contributed by atoms with E-state index in [2.05, 4.69) is 4.72 Å². The van der Waals surface area contributed by atoms with Crippen molar-refractivity contribution in [3.63, 3.8) is 0 Å². The molecule has 1 amide bonds. The fraction of sp³-hybridized carbons (Fsp3) is 0.579. The van der Waals surface area contributed by atoms with E-state index in [1.54, 1.807) is 11.8 Å². The van der Waals surface area contributed by atoms with Crippen LogP contribution in [0.3, 0.4) is 0 Å². The number of carbonyl (C=O) groups excluding carboxylic acids is 1. The third-order valence-corrected chi connectivity index (χ3v) is 6.57. The van der Waals surface area contributed by atoms with E-state index in [1.807, 2.05) is 6.92 Å². The van der Waals surface area contributed by atoms with Gasteiger partial charge < -0.3 is 10.0 Å². The highest BCUT2D eigenvalue weighted by molar-refractivity contribution is 7.89. The van der Waals surface area contributed by atoms with Gasteiger partial charge in [0.2, 0.25) is 10.0 Å². The summed E-state index contributed by atoms with van der Waals surface area (Å²) < 4.78 is 27.2. The minimum Gasteiger partial charge on any atom is -0.481 e. The topological polar surface area (TPSA) is 104 Å². The monoisotopic (exact) mass is 396 g/mol. The molecule has 2 N–H and O–H groups in total. The Hall–Kier alpha value is -1.93. The van der Waals surface area contributed by atoms with E-state index in [0.717, 1.165) is 19.3 Å². The van der Waals surface area contributed by atoms with Gasteiger partial charge in [-0.05, 0) is 63.3 Å². The quantitative estimate of drug-likeness (QED) is 0.703. The molecule has 0 spiro atoms. The molecule has 0 radical (unpaired) electrons. The van der Waals surface area contributed by atoms with Crippen molar-refractivity contribution < 1.29 is 23.1 Å². The third-order valence-electron chi connectivity index (χ3n) is 4.96. The maximum Gasteiger partial charge on any atom is 0.303 e. The normalized spacial score (nSPS) is 18.9. The highest BCUT2D eigenvalue weighted by Gasteiger charge is 2.28. The minimum absolute atomic E-state index is 0.0346. The third kappa shape index (κ3) is 5.77. The van der Waals surface area contributed by atoms with Gasteiger partial charge in [-0.2, -0.15) is 0 Å². The molecule has 8 heteroatoms. The van der Waals surface area contributed by atoms with Gasteiger partial charge in [0.1, 0.15) is 0 Å². The van der Waals surface area contributed by atoms with Crippen LogP contribution in [0.25, 0.3) is 0 Å². The largest absolute Gasteiger partial charge is 0.481 e. The second-order valence-electron chi connectivity index (χ2n) is 7.04. The average molecular weight is 397 g/mol. The van der Waals surface area contributed by atoms with Gasteiger partial charge in [-0.3, -0.25) is 9.59 Å². The zero-order chi connectivity index (χ0) is 20.0. The SMILES string of the molecule is CCC(C)NS(=O)(=O)c1ccc(C(=O)N2CCCCC2CCC(=O)O)cc1. The fourth-order valence-electron chi connectivity index (χ4n) is 3.22. The lowest BCUT2D eigenvalue weighted by atomic mass is 9.97. The van der Waals surface area contributed by atoms with Crippen LogP contribution in [0.4, 0.5) is 0 Å². The zero-order valence-electron chi connectivity index (χ0n) is 15.8. The molecule has 2 atom stereocenters. The Morgan fingerprint density at radius 3 is 2.52 bits per heavy atom. The summed E-state index contributed by atoms with van der Waals surface area (Å²) in [6.07, 6.45) is 3.82. The Morgan fingerprint density at radius 1 is 1.26 bits per heavy atom. The highest BCUT2D eigenvalue weighted by atomic mass is 32.2. The lowest BCUT2D eigenvalue weighted by molar-refractivity contribution is -0.137. The molecule has 1 aliphatic rings. The van der Waals surface area contributed by atoms with Gasteiger partial charge in [0, 0.05) is 30.6 Å². The Labute approximate surface area is 160 Å². The number of carboxylic acid groups (broad SMARTS) is 1. The smallest absolute Gasteiger partial charge is 0.303 e. The zero-order valence-corrected chi connectivity index (χ0v) is 16.7. The standard InChI is InChI=1S/C19H28N2O5S/c1-3-14(2)20-27(25,26)17-10-7-15(8-11-17)19(24)21-13-5-4-6-16(21)9-12-18(22)23/h7-8,10-11,14,16,20H,3-6,9,12-13H2,1-2H3,(H,22,23). The molecule has 1 saturated heterocycles. The van der Waals surface area contributed by atoms with E-state index in [-0.39, 0.29) is 29.3 Å². The number of carboxylic acids is 1. The molecule has 2 rings (SSSR count).